The summed E-state index contributed by atoms with van der Waals surface area (Å²) in [6, 6.07) is 14.4. The van der Waals surface area contributed by atoms with Gasteiger partial charge in [0.25, 0.3) is 5.91 Å². The molecule has 0 aliphatic carbocycles. The zero-order valence-electron chi connectivity index (χ0n) is 11.8. The molecule has 0 saturated heterocycles. The number of methoxy groups -OCH3 is 1. The second kappa shape index (κ2) is 6.03. The summed E-state index contributed by atoms with van der Waals surface area (Å²) in [6.45, 7) is 0. The van der Waals surface area contributed by atoms with E-state index in [9.17, 15) is 4.79 Å². The number of benzene rings is 2. The molecule has 0 radical (unpaired) electrons. The monoisotopic (exact) mass is 312 g/mol. The Hall–Kier alpha value is -2.59. The third-order valence-corrected chi connectivity index (χ3v) is 3.60. The number of aromatic nitrogens is 1. The van der Waals surface area contributed by atoms with Crippen molar-refractivity contribution in [3.8, 4) is 5.75 Å². The Morgan fingerprint density at radius 3 is 2.77 bits per heavy atom. The Kier molecular flexibility index (Phi) is 3.94. The van der Waals surface area contributed by atoms with Crippen LogP contribution >= 0.6 is 11.6 Å². The van der Waals surface area contributed by atoms with Gasteiger partial charge in [-0.1, -0.05) is 23.7 Å². The number of carbonyl (C=O) groups excluding carboxylic acids is 1. The van der Waals surface area contributed by atoms with Crippen LogP contribution in [0.4, 0.5) is 5.69 Å². The number of hydrogen-bond acceptors (Lipinski definition) is 3. The van der Waals surface area contributed by atoms with Crippen LogP contribution in [0.5, 0.6) is 5.75 Å². The van der Waals surface area contributed by atoms with E-state index in [0.717, 1.165) is 16.7 Å². The van der Waals surface area contributed by atoms with Gasteiger partial charge in [0.15, 0.2) is 0 Å². The fraction of sp³-hybridized carbons (Fsp3) is 0.0588. The van der Waals surface area contributed by atoms with Crippen molar-refractivity contribution < 1.29 is 9.53 Å². The van der Waals surface area contributed by atoms with Gasteiger partial charge in [0.1, 0.15) is 5.75 Å². The summed E-state index contributed by atoms with van der Waals surface area (Å²) in [4.78, 5) is 16.6. The molecule has 1 N–H and O–H groups in total. The summed E-state index contributed by atoms with van der Waals surface area (Å²) in [7, 11) is 1.61. The number of hydrogen-bond donors (Lipinski definition) is 1. The van der Waals surface area contributed by atoms with E-state index in [-0.39, 0.29) is 5.91 Å². The molecule has 3 aromatic rings. The standard InChI is InChI=1S/C17H13ClN2O2/c1-22-13-7-6-11-8-12(10-19-16(11)9-13)20-17(21)14-4-2-3-5-15(14)18/h2-10H,1H3,(H,20,21). The van der Waals surface area contributed by atoms with E-state index in [2.05, 4.69) is 10.3 Å². The number of amides is 1. The Bertz CT molecular complexity index is 849. The molecule has 22 heavy (non-hydrogen) atoms. The Labute approximate surface area is 132 Å². The highest BCUT2D eigenvalue weighted by Crippen LogP contribution is 2.22. The molecule has 1 aromatic heterocycles. The number of nitrogens with zero attached hydrogens (tertiary/aromatic N) is 1. The Morgan fingerprint density at radius 1 is 1.18 bits per heavy atom. The second-order valence-corrected chi connectivity index (χ2v) is 5.12. The molecule has 0 atom stereocenters. The van der Waals surface area contributed by atoms with E-state index in [1.165, 1.54) is 0 Å². The molecule has 0 saturated carbocycles. The maximum atomic E-state index is 12.2. The molecule has 5 heteroatoms. The lowest BCUT2D eigenvalue weighted by molar-refractivity contribution is 0.102. The molecule has 1 amide bonds. The molecule has 0 unspecified atom stereocenters. The summed E-state index contributed by atoms with van der Waals surface area (Å²) < 4.78 is 5.16. The fourth-order valence-electron chi connectivity index (χ4n) is 2.14. The normalized spacial score (nSPS) is 10.5. The van der Waals surface area contributed by atoms with Crippen molar-refractivity contribution in [2.24, 2.45) is 0 Å². The quantitative estimate of drug-likeness (QED) is 0.790. The van der Waals surface area contributed by atoms with Crippen LogP contribution in [-0.2, 0) is 0 Å². The molecule has 0 aliphatic heterocycles. The van der Waals surface area contributed by atoms with Crippen molar-refractivity contribution in [1.29, 1.82) is 0 Å². The highest BCUT2D eigenvalue weighted by atomic mass is 35.5. The molecule has 0 fully saturated rings. The summed E-state index contributed by atoms with van der Waals surface area (Å²) in [5, 5.41) is 4.13. The molecule has 1 heterocycles. The SMILES string of the molecule is COc1ccc2cc(NC(=O)c3ccccc3Cl)cnc2c1. The van der Waals surface area contributed by atoms with Crippen LogP contribution in [0.25, 0.3) is 10.9 Å². The summed E-state index contributed by atoms with van der Waals surface area (Å²) in [6.07, 6.45) is 1.61. The first-order valence-electron chi connectivity index (χ1n) is 6.67. The number of fused-ring (bicyclic) bond motifs is 1. The summed E-state index contributed by atoms with van der Waals surface area (Å²) in [5.74, 6) is 0.480. The maximum Gasteiger partial charge on any atom is 0.257 e. The Balaban J connectivity index is 1.88. The molecular formula is C17H13ClN2O2. The third-order valence-electron chi connectivity index (χ3n) is 3.27. The summed E-state index contributed by atoms with van der Waals surface area (Å²) in [5.41, 5.74) is 1.84. The molecule has 110 valence electrons. The predicted octanol–water partition coefficient (Wildman–Crippen LogP) is 4.15. The predicted molar refractivity (Wildman–Crippen MR) is 87.7 cm³/mol. The van der Waals surface area contributed by atoms with E-state index in [0.29, 0.717) is 16.3 Å². The lowest BCUT2D eigenvalue weighted by atomic mass is 10.2. The largest absolute Gasteiger partial charge is 0.497 e. The van der Waals surface area contributed by atoms with E-state index < -0.39 is 0 Å². The van der Waals surface area contributed by atoms with Crippen molar-refractivity contribution >= 4 is 34.1 Å². The van der Waals surface area contributed by atoms with Gasteiger partial charge in [-0.2, -0.15) is 0 Å². The lowest BCUT2D eigenvalue weighted by Gasteiger charge is -2.08. The van der Waals surface area contributed by atoms with Crippen LogP contribution in [0.2, 0.25) is 5.02 Å². The number of ether oxygens (including phenoxy) is 1. The van der Waals surface area contributed by atoms with Gasteiger partial charge in [-0.25, -0.2) is 0 Å². The lowest BCUT2D eigenvalue weighted by Crippen LogP contribution is -2.12. The van der Waals surface area contributed by atoms with Gasteiger partial charge in [-0.15, -0.1) is 0 Å². The van der Waals surface area contributed by atoms with Gasteiger partial charge in [0.2, 0.25) is 0 Å². The number of carbonyl (C=O) groups is 1. The van der Waals surface area contributed by atoms with Crippen LogP contribution in [0.3, 0.4) is 0 Å². The van der Waals surface area contributed by atoms with Crippen molar-refractivity contribution in [2.45, 2.75) is 0 Å². The number of halogens is 1. The first kappa shape index (κ1) is 14.4. The van der Waals surface area contributed by atoms with E-state index in [4.69, 9.17) is 16.3 Å². The van der Waals surface area contributed by atoms with Gasteiger partial charge in [0, 0.05) is 11.5 Å². The zero-order chi connectivity index (χ0) is 15.5. The minimum Gasteiger partial charge on any atom is -0.497 e. The van der Waals surface area contributed by atoms with Crippen LogP contribution < -0.4 is 10.1 Å². The van der Waals surface area contributed by atoms with Gasteiger partial charge in [0.05, 0.1) is 35.1 Å². The number of rotatable bonds is 3. The highest BCUT2D eigenvalue weighted by molar-refractivity contribution is 6.34. The van der Waals surface area contributed by atoms with Crippen LogP contribution in [0, 0.1) is 0 Å². The van der Waals surface area contributed by atoms with Crippen molar-refractivity contribution in [3.63, 3.8) is 0 Å². The molecule has 4 nitrogen and oxygen atoms in total. The topological polar surface area (TPSA) is 51.2 Å². The Morgan fingerprint density at radius 2 is 2.00 bits per heavy atom. The molecule has 0 spiro atoms. The van der Waals surface area contributed by atoms with E-state index in [1.807, 2.05) is 24.3 Å². The number of anilines is 1. The van der Waals surface area contributed by atoms with Crippen molar-refractivity contribution in [2.75, 3.05) is 12.4 Å². The molecule has 2 aromatic carbocycles. The van der Waals surface area contributed by atoms with Crippen molar-refractivity contribution in [1.82, 2.24) is 4.98 Å². The second-order valence-electron chi connectivity index (χ2n) is 4.72. The molecular weight excluding hydrogens is 300 g/mol. The van der Waals surface area contributed by atoms with Gasteiger partial charge in [-0.3, -0.25) is 9.78 Å². The molecule has 3 rings (SSSR count). The van der Waals surface area contributed by atoms with Gasteiger partial charge >= 0.3 is 0 Å². The van der Waals surface area contributed by atoms with Crippen molar-refractivity contribution in [3.05, 3.63) is 65.3 Å². The average molecular weight is 313 g/mol. The number of nitrogens with one attached hydrogen (secondary N) is 1. The average Bonchev–Trinajstić information content (AvgIpc) is 2.54. The minimum absolute atomic E-state index is 0.264. The number of pyridine rings is 1. The highest BCUT2D eigenvalue weighted by Gasteiger charge is 2.10. The van der Waals surface area contributed by atoms with Crippen LogP contribution in [0.1, 0.15) is 10.4 Å². The molecule has 0 aliphatic rings. The first-order chi connectivity index (χ1) is 10.7. The van der Waals surface area contributed by atoms with Gasteiger partial charge < -0.3 is 10.1 Å². The van der Waals surface area contributed by atoms with Crippen LogP contribution in [-0.4, -0.2) is 18.0 Å². The zero-order valence-corrected chi connectivity index (χ0v) is 12.6. The van der Waals surface area contributed by atoms with Gasteiger partial charge in [-0.05, 0) is 30.3 Å². The van der Waals surface area contributed by atoms with Crippen LogP contribution in [0.15, 0.2) is 54.7 Å². The van der Waals surface area contributed by atoms with E-state index >= 15 is 0 Å². The molecule has 0 bridgehead atoms. The maximum absolute atomic E-state index is 12.2. The smallest absolute Gasteiger partial charge is 0.257 e. The summed E-state index contributed by atoms with van der Waals surface area (Å²) >= 11 is 6.02. The third kappa shape index (κ3) is 2.87. The first-order valence-corrected chi connectivity index (χ1v) is 7.05. The van der Waals surface area contributed by atoms with E-state index in [1.54, 1.807) is 37.6 Å². The minimum atomic E-state index is -0.264. The fourth-order valence-corrected chi connectivity index (χ4v) is 2.36.